The van der Waals surface area contributed by atoms with Crippen LogP contribution in [-0.4, -0.2) is 23.9 Å². The molecule has 18 heavy (non-hydrogen) atoms. The topological polar surface area (TPSA) is 49.4 Å². The minimum absolute atomic E-state index is 0.138. The normalized spacial score (nSPS) is 17.8. The van der Waals surface area contributed by atoms with Crippen molar-refractivity contribution in [2.24, 2.45) is 0 Å². The number of nitrogens with one attached hydrogen (secondary N) is 1. The highest BCUT2D eigenvalue weighted by Crippen LogP contribution is 2.27. The highest BCUT2D eigenvalue weighted by molar-refractivity contribution is 6.12. The summed E-state index contributed by atoms with van der Waals surface area (Å²) in [5, 5.41) is 2.75. The molecule has 1 aromatic carbocycles. The predicted molar refractivity (Wildman–Crippen MR) is 70.5 cm³/mol. The molecule has 1 N–H and O–H groups in total. The molecule has 0 aliphatic carbocycles. The van der Waals surface area contributed by atoms with Crippen LogP contribution in [0.3, 0.4) is 0 Å². The van der Waals surface area contributed by atoms with Crippen LogP contribution >= 0.6 is 0 Å². The summed E-state index contributed by atoms with van der Waals surface area (Å²) in [6.45, 7) is 7.45. The molecular weight excluding hydrogens is 228 g/mol. The first-order valence-electron chi connectivity index (χ1n) is 5.82. The van der Waals surface area contributed by atoms with Gasteiger partial charge in [-0.2, -0.15) is 0 Å². The summed E-state index contributed by atoms with van der Waals surface area (Å²) in [6, 6.07) is 7.09. The van der Waals surface area contributed by atoms with Crippen molar-refractivity contribution in [3.05, 3.63) is 42.5 Å². The van der Waals surface area contributed by atoms with Crippen molar-refractivity contribution in [2.45, 2.75) is 19.4 Å². The second-order valence-corrected chi connectivity index (χ2v) is 4.80. The Labute approximate surface area is 106 Å². The first-order valence-corrected chi connectivity index (χ1v) is 5.82. The fraction of sp³-hybridized carbons (Fsp3) is 0.286. The van der Waals surface area contributed by atoms with E-state index in [1.54, 1.807) is 43.0 Å². The molecule has 2 amide bonds. The largest absolute Gasteiger partial charge is 0.338 e. The molecule has 1 aromatic rings. The third kappa shape index (κ3) is 1.90. The second-order valence-electron chi connectivity index (χ2n) is 4.80. The molecule has 4 nitrogen and oxygen atoms in total. The molecule has 0 spiro atoms. The molecule has 0 fully saturated rings. The number of carbonyl (C=O) groups excluding carboxylic acids is 2. The Morgan fingerprint density at radius 1 is 1.33 bits per heavy atom. The third-order valence-corrected chi connectivity index (χ3v) is 2.96. The van der Waals surface area contributed by atoms with Crippen LogP contribution < -0.4 is 10.2 Å². The average molecular weight is 244 g/mol. The number of amides is 2. The Morgan fingerprint density at radius 2 is 2.00 bits per heavy atom. The van der Waals surface area contributed by atoms with E-state index in [1.807, 2.05) is 6.07 Å². The van der Waals surface area contributed by atoms with E-state index in [2.05, 4.69) is 11.9 Å². The van der Waals surface area contributed by atoms with Crippen LogP contribution in [0, 0.1) is 0 Å². The lowest BCUT2D eigenvalue weighted by Gasteiger charge is -2.28. The Morgan fingerprint density at radius 3 is 2.67 bits per heavy atom. The van der Waals surface area contributed by atoms with Crippen molar-refractivity contribution in [2.75, 3.05) is 11.4 Å². The molecule has 0 saturated heterocycles. The smallest absolute Gasteiger partial charge is 0.254 e. The van der Waals surface area contributed by atoms with Gasteiger partial charge in [-0.05, 0) is 26.0 Å². The Balaban J connectivity index is 2.61. The van der Waals surface area contributed by atoms with Crippen LogP contribution in [0.1, 0.15) is 24.2 Å². The molecule has 0 atom stereocenters. The zero-order valence-corrected chi connectivity index (χ0v) is 10.6. The Kier molecular flexibility index (Phi) is 2.95. The molecule has 0 aromatic heterocycles. The van der Waals surface area contributed by atoms with Gasteiger partial charge in [-0.3, -0.25) is 9.59 Å². The van der Waals surface area contributed by atoms with E-state index in [0.717, 1.165) is 0 Å². The quantitative estimate of drug-likeness (QED) is 0.805. The molecule has 0 saturated carbocycles. The molecule has 0 radical (unpaired) electrons. The minimum atomic E-state index is -0.918. The number of carbonyl (C=O) groups is 2. The number of fused-ring (bicyclic) bond motifs is 1. The molecule has 1 aliphatic heterocycles. The zero-order valence-electron chi connectivity index (χ0n) is 10.6. The summed E-state index contributed by atoms with van der Waals surface area (Å²) in [5.74, 6) is -0.365. The summed E-state index contributed by atoms with van der Waals surface area (Å²) >= 11 is 0. The van der Waals surface area contributed by atoms with Crippen molar-refractivity contribution < 1.29 is 9.59 Å². The van der Waals surface area contributed by atoms with Gasteiger partial charge in [0.15, 0.2) is 0 Å². The lowest BCUT2D eigenvalue weighted by atomic mass is 10.0. The number of anilines is 1. The molecule has 1 aliphatic rings. The summed E-state index contributed by atoms with van der Waals surface area (Å²) in [7, 11) is 0. The van der Waals surface area contributed by atoms with Crippen molar-refractivity contribution in [1.29, 1.82) is 0 Å². The standard InChI is InChI=1S/C14H16N2O2/c1-4-9-16-11-8-6-5-7-10(11)12(17)15-14(2,3)13(16)18/h4-8H,1,9H2,2-3H3,(H,15,17). The maximum atomic E-state index is 12.4. The second kappa shape index (κ2) is 4.29. The van der Waals surface area contributed by atoms with E-state index in [0.29, 0.717) is 17.8 Å². The first-order chi connectivity index (χ1) is 8.47. The third-order valence-electron chi connectivity index (χ3n) is 2.96. The maximum Gasteiger partial charge on any atom is 0.254 e. The van der Waals surface area contributed by atoms with Gasteiger partial charge in [-0.25, -0.2) is 0 Å². The Bertz CT molecular complexity index is 520. The van der Waals surface area contributed by atoms with E-state index < -0.39 is 5.54 Å². The van der Waals surface area contributed by atoms with Gasteiger partial charge in [0.05, 0.1) is 11.3 Å². The van der Waals surface area contributed by atoms with Gasteiger partial charge in [0.1, 0.15) is 5.54 Å². The average Bonchev–Trinajstić information content (AvgIpc) is 2.40. The molecule has 2 rings (SSSR count). The monoisotopic (exact) mass is 244 g/mol. The Hall–Kier alpha value is -2.10. The number of hydrogen-bond donors (Lipinski definition) is 1. The number of para-hydroxylation sites is 1. The molecule has 0 unspecified atom stereocenters. The number of nitrogens with zero attached hydrogens (tertiary/aromatic N) is 1. The zero-order chi connectivity index (χ0) is 13.3. The van der Waals surface area contributed by atoms with Crippen molar-refractivity contribution in [3.63, 3.8) is 0 Å². The van der Waals surface area contributed by atoms with Crippen molar-refractivity contribution in [3.8, 4) is 0 Å². The molecular formula is C14H16N2O2. The van der Waals surface area contributed by atoms with Crippen molar-refractivity contribution in [1.82, 2.24) is 5.32 Å². The van der Waals surface area contributed by atoms with Crippen molar-refractivity contribution >= 4 is 17.5 Å². The number of benzene rings is 1. The maximum absolute atomic E-state index is 12.4. The van der Waals surface area contributed by atoms with E-state index >= 15 is 0 Å². The van der Waals surface area contributed by atoms with Gasteiger partial charge in [0.2, 0.25) is 0 Å². The molecule has 4 heteroatoms. The molecule has 94 valence electrons. The summed E-state index contributed by atoms with van der Waals surface area (Å²) in [5.41, 5.74) is 0.225. The van der Waals surface area contributed by atoms with Crippen LogP contribution in [0.2, 0.25) is 0 Å². The van der Waals surface area contributed by atoms with E-state index in [-0.39, 0.29) is 11.8 Å². The lowest BCUT2D eigenvalue weighted by molar-refractivity contribution is -0.123. The first kappa shape index (κ1) is 12.4. The van der Waals surface area contributed by atoms with E-state index in [4.69, 9.17) is 0 Å². The summed E-state index contributed by atoms with van der Waals surface area (Å²) in [6.07, 6.45) is 1.65. The molecule has 1 heterocycles. The summed E-state index contributed by atoms with van der Waals surface area (Å²) in [4.78, 5) is 26.1. The van der Waals surface area contributed by atoms with Gasteiger partial charge >= 0.3 is 0 Å². The van der Waals surface area contributed by atoms with Crippen LogP contribution in [0.5, 0.6) is 0 Å². The van der Waals surface area contributed by atoms with Crippen LogP contribution in [-0.2, 0) is 4.79 Å². The highest BCUT2D eigenvalue weighted by Gasteiger charge is 2.38. The van der Waals surface area contributed by atoms with Gasteiger partial charge in [0, 0.05) is 6.54 Å². The minimum Gasteiger partial charge on any atom is -0.338 e. The fourth-order valence-electron chi connectivity index (χ4n) is 2.06. The molecule has 0 bridgehead atoms. The van der Waals surface area contributed by atoms with Crippen LogP contribution in [0.25, 0.3) is 0 Å². The fourth-order valence-corrected chi connectivity index (χ4v) is 2.06. The number of rotatable bonds is 2. The number of hydrogen-bond acceptors (Lipinski definition) is 2. The van der Waals surface area contributed by atoms with Gasteiger partial charge in [-0.1, -0.05) is 18.2 Å². The van der Waals surface area contributed by atoms with E-state index in [1.165, 1.54) is 0 Å². The van der Waals surface area contributed by atoms with Gasteiger partial charge < -0.3 is 10.2 Å². The van der Waals surface area contributed by atoms with Gasteiger partial charge in [0.25, 0.3) is 11.8 Å². The van der Waals surface area contributed by atoms with E-state index in [9.17, 15) is 9.59 Å². The predicted octanol–water partition coefficient (Wildman–Crippen LogP) is 1.73. The lowest BCUT2D eigenvalue weighted by Crippen LogP contribution is -2.53. The van der Waals surface area contributed by atoms with Crippen LogP contribution in [0.4, 0.5) is 5.69 Å². The van der Waals surface area contributed by atoms with Gasteiger partial charge in [-0.15, -0.1) is 6.58 Å². The van der Waals surface area contributed by atoms with Crippen LogP contribution in [0.15, 0.2) is 36.9 Å². The summed E-state index contributed by atoms with van der Waals surface area (Å²) < 4.78 is 0. The SMILES string of the molecule is C=CCN1C(=O)C(C)(C)NC(=O)c2ccccc21. The highest BCUT2D eigenvalue weighted by atomic mass is 16.2.